The van der Waals surface area contributed by atoms with Gasteiger partial charge in [-0.15, -0.1) is 0 Å². The second kappa shape index (κ2) is 3.85. The summed E-state index contributed by atoms with van der Waals surface area (Å²) in [5.74, 6) is -0.870. The van der Waals surface area contributed by atoms with E-state index in [0.717, 1.165) is 7.11 Å². The second-order valence-electron chi connectivity index (χ2n) is 2.22. The number of aromatic nitrogens is 2. The standard InChI is InChI=1S/C7H9FN2O2/c1-12-7(11)6(8)5-10-4-2-3-9-10/h2-4,6H,5H2,1H3. The van der Waals surface area contributed by atoms with Gasteiger partial charge in [-0.25, -0.2) is 9.18 Å². The van der Waals surface area contributed by atoms with Crippen LogP contribution in [0.5, 0.6) is 0 Å². The number of ether oxygens (including phenoxy) is 1. The summed E-state index contributed by atoms with van der Waals surface area (Å²) in [6.45, 7) is -0.0975. The van der Waals surface area contributed by atoms with Crippen molar-refractivity contribution in [3.63, 3.8) is 0 Å². The fourth-order valence-electron chi connectivity index (χ4n) is 0.775. The van der Waals surface area contributed by atoms with Crippen molar-refractivity contribution >= 4 is 5.97 Å². The van der Waals surface area contributed by atoms with E-state index in [-0.39, 0.29) is 6.54 Å². The van der Waals surface area contributed by atoms with E-state index in [1.54, 1.807) is 12.3 Å². The smallest absolute Gasteiger partial charge is 0.342 e. The van der Waals surface area contributed by atoms with E-state index in [9.17, 15) is 9.18 Å². The summed E-state index contributed by atoms with van der Waals surface area (Å²) >= 11 is 0. The summed E-state index contributed by atoms with van der Waals surface area (Å²) in [6.07, 6.45) is 1.45. The fourth-order valence-corrected chi connectivity index (χ4v) is 0.775. The molecule has 4 nitrogen and oxygen atoms in total. The van der Waals surface area contributed by atoms with Crippen molar-refractivity contribution in [3.05, 3.63) is 18.5 Å². The van der Waals surface area contributed by atoms with E-state index < -0.39 is 12.1 Å². The van der Waals surface area contributed by atoms with Crippen LogP contribution in [0.15, 0.2) is 18.5 Å². The molecule has 0 amide bonds. The van der Waals surface area contributed by atoms with Crippen LogP contribution in [0, 0.1) is 0 Å². The lowest BCUT2D eigenvalue weighted by Crippen LogP contribution is -2.23. The van der Waals surface area contributed by atoms with Gasteiger partial charge in [-0.3, -0.25) is 4.68 Å². The predicted octanol–water partition coefficient (Wildman–Crippen LogP) is 0.394. The van der Waals surface area contributed by atoms with Gasteiger partial charge in [-0.1, -0.05) is 0 Å². The molecule has 0 aliphatic heterocycles. The Morgan fingerprint density at radius 3 is 3.08 bits per heavy atom. The molecule has 0 aromatic carbocycles. The molecule has 12 heavy (non-hydrogen) atoms. The predicted molar refractivity (Wildman–Crippen MR) is 39.1 cm³/mol. The lowest BCUT2D eigenvalue weighted by atomic mass is 10.4. The van der Waals surface area contributed by atoms with Crippen LogP contribution in [0.2, 0.25) is 0 Å². The minimum atomic E-state index is -1.64. The molecule has 0 N–H and O–H groups in total. The van der Waals surface area contributed by atoms with Gasteiger partial charge in [0.05, 0.1) is 13.7 Å². The Labute approximate surface area is 68.9 Å². The maximum atomic E-state index is 12.8. The van der Waals surface area contributed by atoms with Gasteiger partial charge in [0.1, 0.15) is 0 Å². The SMILES string of the molecule is COC(=O)C(F)Cn1cccn1. The van der Waals surface area contributed by atoms with E-state index >= 15 is 0 Å². The van der Waals surface area contributed by atoms with Crippen molar-refractivity contribution in [3.8, 4) is 0 Å². The molecule has 1 atom stereocenters. The highest BCUT2D eigenvalue weighted by molar-refractivity contribution is 5.74. The first-order valence-corrected chi connectivity index (χ1v) is 3.43. The normalized spacial score (nSPS) is 12.5. The number of carbonyl (C=O) groups excluding carboxylic acids is 1. The molecular weight excluding hydrogens is 163 g/mol. The largest absolute Gasteiger partial charge is 0.467 e. The van der Waals surface area contributed by atoms with Crippen LogP contribution in [0.3, 0.4) is 0 Å². The Balaban J connectivity index is 2.47. The molecule has 0 saturated heterocycles. The Hall–Kier alpha value is -1.39. The number of methoxy groups -OCH3 is 1. The van der Waals surface area contributed by atoms with Gasteiger partial charge in [0.2, 0.25) is 6.17 Å². The van der Waals surface area contributed by atoms with E-state index in [1.807, 2.05) is 0 Å². The first-order valence-electron chi connectivity index (χ1n) is 3.43. The Morgan fingerprint density at radius 1 is 1.83 bits per heavy atom. The van der Waals surface area contributed by atoms with Crippen LogP contribution < -0.4 is 0 Å². The van der Waals surface area contributed by atoms with Gasteiger partial charge < -0.3 is 4.74 Å². The van der Waals surface area contributed by atoms with Crippen molar-refractivity contribution < 1.29 is 13.9 Å². The van der Waals surface area contributed by atoms with E-state index in [2.05, 4.69) is 9.84 Å². The lowest BCUT2D eigenvalue weighted by molar-refractivity contribution is -0.147. The average Bonchev–Trinajstić information content (AvgIpc) is 2.55. The van der Waals surface area contributed by atoms with Crippen molar-refractivity contribution in [2.45, 2.75) is 12.7 Å². The third kappa shape index (κ3) is 2.05. The zero-order valence-electron chi connectivity index (χ0n) is 6.61. The molecule has 0 bridgehead atoms. The zero-order valence-corrected chi connectivity index (χ0v) is 6.61. The molecular formula is C7H9FN2O2. The summed E-state index contributed by atoms with van der Waals surface area (Å²) in [7, 11) is 1.15. The highest BCUT2D eigenvalue weighted by atomic mass is 19.1. The molecule has 0 aliphatic rings. The number of carbonyl (C=O) groups is 1. The third-order valence-electron chi connectivity index (χ3n) is 1.36. The summed E-state index contributed by atoms with van der Waals surface area (Å²) in [4.78, 5) is 10.6. The fraction of sp³-hybridized carbons (Fsp3) is 0.429. The molecule has 66 valence electrons. The van der Waals surface area contributed by atoms with Gasteiger partial charge in [0.15, 0.2) is 0 Å². The first kappa shape index (κ1) is 8.70. The molecule has 5 heteroatoms. The average molecular weight is 172 g/mol. The van der Waals surface area contributed by atoms with Crippen LogP contribution in [0.25, 0.3) is 0 Å². The molecule has 1 unspecified atom stereocenters. The molecule has 0 aliphatic carbocycles. The maximum Gasteiger partial charge on any atom is 0.342 e. The second-order valence-corrected chi connectivity index (χ2v) is 2.22. The monoisotopic (exact) mass is 172 g/mol. The third-order valence-corrected chi connectivity index (χ3v) is 1.36. The van der Waals surface area contributed by atoms with Gasteiger partial charge in [0.25, 0.3) is 0 Å². The number of alkyl halides is 1. The number of esters is 1. The highest BCUT2D eigenvalue weighted by Gasteiger charge is 2.17. The van der Waals surface area contributed by atoms with Crippen molar-refractivity contribution in [1.82, 2.24) is 9.78 Å². The van der Waals surface area contributed by atoms with Gasteiger partial charge in [-0.2, -0.15) is 5.10 Å². The van der Waals surface area contributed by atoms with Gasteiger partial charge in [0, 0.05) is 12.4 Å². The number of hydrogen-bond acceptors (Lipinski definition) is 3. The molecule has 1 aromatic heterocycles. The van der Waals surface area contributed by atoms with E-state index in [1.165, 1.54) is 10.9 Å². The minimum absolute atomic E-state index is 0.0975. The first-order chi connectivity index (χ1) is 5.74. The summed E-state index contributed by atoms with van der Waals surface area (Å²) < 4.78 is 18.4. The van der Waals surface area contributed by atoms with Crippen LogP contribution in [0.4, 0.5) is 4.39 Å². The van der Waals surface area contributed by atoms with Crippen LogP contribution >= 0.6 is 0 Å². The zero-order chi connectivity index (χ0) is 8.97. The molecule has 0 radical (unpaired) electrons. The van der Waals surface area contributed by atoms with Crippen LogP contribution in [-0.2, 0) is 16.1 Å². The molecule has 1 rings (SSSR count). The topological polar surface area (TPSA) is 44.1 Å². The summed E-state index contributed by atoms with van der Waals surface area (Å²) in [5, 5.41) is 3.74. The Bertz CT molecular complexity index is 248. The van der Waals surface area contributed by atoms with Gasteiger partial charge in [-0.05, 0) is 6.07 Å². The number of rotatable bonds is 3. The lowest BCUT2D eigenvalue weighted by Gasteiger charge is -2.04. The van der Waals surface area contributed by atoms with Crippen LogP contribution in [-0.4, -0.2) is 29.0 Å². The van der Waals surface area contributed by atoms with Crippen molar-refractivity contribution in [1.29, 1.82) is 0 Å². The van der Waals surface area contributed by atoms with Crippen LogP contribution in [0.1, 0.15) is 0 Å². The van der Waals surface area contributed by atoms with Crippen molar-refractivity contribution in [2.24, 2.45) is 0 Å². The molecule has 0 spiro atoms. The summed E-state index contributed by atoms with van der Waals surface area (Å²) in [5.41, 5.74) is 0. The molecule has 1 aromatic rings. The van der Waals surface area contributed by atoms with E-state index in [4.69, 9.17) is 0 Å². The maximum absolute atomic E-state index is 12.8. The van der Waals surface area contributed by atoms with E-state index in [0.29, 0.717) is 0 Å². The highest BCUT2D eigenvalue weighted by Crippen LogP contribution is 1.97. The molecule has 0 saturated carbocycles. The Morgan fingerprint density at radius 2 is 2.58 bits per heavy atom. The quantitative estimate of drug-likeness (QED) is 0.619. The number of hydrogen-bond donors (Lipinski definition) is 0. The minimum Gasteiger partial charge on any atom is -0.467 e. The summed E-state index contributed by atoms with van der Waals surface area (Å²) in [6, 6.07) is 1.66. The molecule has 1 heterocycles. The number of nitrogens with zero attached hydrogens (tertiary/aromatic N) is 2. The Kier molecular flexibility index (Phi) is 2.79. The van der Waals surface area contributed by atoms with Gasteiger partial charge >= 0.3 is 5.97 Å². The molecule has 0 fully saturated rings. The van der Waals surface area contributed by atoms with Crippen molar-refractivity contribution in [2.75, 3.05) is 7.11 Å². The number of halogens is 1.